The highest BCUT2D eigenvalue weighted by Gasteiger charge is 2.57. The van der Waals surface area contributed by atoms with Gasteiger partial charge in [0.15, 0.2) is 11.5 Å². The number of hydrogen-bond acceptors (Lipinski definition) is 5. The van der Waals surface area contributed by atoms with Crippen LogP contribution in [0.1, 0.15) is 30.4 Å². The molecule has 6 nitrogen and oxygen atoms in total. The lowest BCUT2D eigenvalue weighted by Crippen LogP contribution is -2.42. The lowest BCUT2D eigenvalue weighted by Gasteiger charge is -2.23. The molecule has 1 atom stereocenters. The monoisotopic (exact) mass is 362 g/mol. The summed E-state index contributed by atoms with van der Waals surface area (Å²) in [6.07, 6.45) is 2.07. The van der Waals surface area contributed by atoms with E-state index in [0.29, 0.717) is 30.2 Å². The van der Waals surface area contributed by atoms with Crippen LogP contribution in [0.5, 0.6) is 17.2 Å². The molecule has 27 heavy (non-hydrogen) atoms. The van der Waals surface area contributed by atoms with Crippen molar-refractivity contribution < 1.29 is 19.0 Å². The zero-order valence-electron chi connectivity index (χ0n) is 14.7. The quantitative estimate of drug-likeness (QED) is 0.782. The molecule has 0 radical (unpaired) electrons. The van der Waals surface area contributed by atoms with Crippen molar-refractivity contribution >= 4 is 11.6 Å². The second kappa shape index (κ2) is 5.92. The predicted octanol–water partition coefficient (Wildman–Crippen LogP) is 3.13. The Hall–Kier alpha value is -3.20. The van der Waals surface area contributed by atoms with Gasteiger partial charge in [0.25, 0.3) is 0 Å². The van der Waals surface area contributed by atoms with E-state index in [4.69, 9.17) is 19.5 Å². The molecule has 0 fully saturated rings. The number of benzene rings is 2. The number of nitriles is 1. The molecule has 1 amide bonds. The third kappa shape index (κ3) is 2.15. The van der Waals surface area contributed by atoms with Gasteiger partial charge in [0, 0.05) is 30.3 Å². The number of fused-ring (bicyclic) bond motifs is 5. The van der Waals surface area contributed by atoms with Gasteiger partial charge in [0.2, 0.25) is 12.7 Å². The van der Waals surface area contributed by atoms with Gasteiger partial charge in [0.1, 0.15) is 17.8 Å². The van der Waals surface area contributed by atoms with Gasteiger partial charge in [-0.05, 0) is 30.5 Å². The van der Waals surface area contributed by atoms with Gasteiger partial charge >= 0.3 is 0 Å². The van der Waals surface area contributed by atoms with Gasteiger partial charge in [0.05, 0.1) is 6.07 Å². The highest BCUT2D eigenvalue weighted by molar-refractivity contribution is 6.11. The van der Waals surface area contributed by atoms with E-state index in [2.05, 4.69) is 6.07 Å². The smallest absolute Gasteiger partial charge is 0.245 e. The third-order valence-corrected chi connectivity index (χ3v) is 5.56. The highest BCUT2D eigenvalue weighted by Crippen LogP contribution is 2.54. The van der Waals surface area contributed by atoms with Gasteiger partial charge in [-0.1, -0.05) is 18.2 Å². The first-order valence-electron chi connectivity index (χ1n) is 9.11. The maximum atomic E-state index is 13.6. The fraction of sp³-hybridized carbons (Fsp3) is 0.333. The van der Waals surface area contributed by atoms with Crippen LogP contribution in [0, 0.1) is 11.3 Å². The lowest BCUT2D eigenvalue weighted by molar-refractivity contribution is -0.122. The Morgan fingerprint density at radius 3 is 2.70 bits per heavy atom. The van der Waals surface area contributed by atoms with E-state index >= 15 is 0 Å². The number of carbonyl (C=O) groups is 1. The van der Waals surface area contributed by atoms with Crippen LogP contribution >= 0.6 is 0 Å². The van der Waals surface area contributed by atoms with E-state index in [1.54, 1.807) is 0 Å². The average molecular weight is 362 g/mol. The number of hydrogen-bond donors (Lipinski definition) is 0. The van der Waals surface area contributed by atoms with Crippen molar-refractivity contribution in [3.63, 3.8) is 0 Å². The molecule has 6 heteroatoms. The maximum Gasteiger partial charge on any atom is 0.245 e. The number of nitrogens with zero attached hydrogens (tertiary/aromatic N) is 2. The summed E-state index contributed by atoms with van der Waals surface area (Å²) >= 11 is 0. The predicted molar refractivity (Wildman–Crippen MR) is 97.1 cm³/mol. The molecule has 136 valence electrons. The van der Waals surface area contributed by atoms with Crippen LogP contribution in [0.3, 0.4) is 0 Å². The van der Waals surface area contributed by atoms with Crippen molar-refractivity contribution in [2.75, 3.05) is 24.8 Å². The van der Waals surface area contributed by atoms with Crippen LogP contribution in [-0.2, 0) is 10.2 Å². The normalized spacial score (nSPS) is 21.1. The largest absolute Gasteiger partial charge is 0.491 e. The maximum absolute atomic E-state index is 13.6. The standard InChI is InChI=1S/C21H18N2O4/c22-8-4-1-5-9-23-16-7-3-2-6-14(16)21(20(23)24)12-25-17-11-19-18(10-15(17)21)26-13-27-19/h2-3,6-7,10-11H,1,4-5,9,12-13H2. The first-order chi connectivity index (χ1) is 13.3. The Morgan fingerprint density at radius 1 is 1.04 bits per heavy atom. The summed E-state index contributed by atoms with van der Waals surface area (Å²) < 4.78 is 16.9. The molecule has 0 bridgehead atoms. The molecule has 2 aromatic rings. The summed E-state index contributed by atoms with van der Waals surface area (Å²) in [7, 11) is 0. The van der Waals surface area contributed by atoms with Crippen molar-refractivity contribution in [1.82, 2.24) is 0 Å². The molecule has 0 aromatic heterocycles. The van der Waals surface area contributed by atoms with Gasteiger partial charge < -0.3 is 19.1 Å². The zero-order valence-corrected chi connectivity index (χ0v) is 14.7. The number of amides is 1. The number of ether oxygens (including phenoxy) is 3. The third-order valence-electron chi connectivity index (χ3n) is 5.56. The second-order valence-electron chi connectivity index (χ2n) is 6.98. The minimum Gasteiger partial charge on any atom is -0.491 e. The van der Waals surface area contributed by atoms with Gasteiger partial charge in [-0.15, -0.1) is 0 Å². The second-order valence-corrected chi connectivity index (χ2v) is 6.98. The number of rotatable bonds is 4. The fourth-order valence-electron chi connectivity index (χ4n) is 4.26. The molecule has 3 aliphatic rings. The fourth-order valence-corrected chi connectivity index (χ4v) is 4.26. The lowest BCUT2D eigenvalue weighted by atomic mass is 9.77. The van der Waals surface area contributed by atoms with Gasteiger partial charge in [-0.25, -0.2) is 0 Å². The van der Waals surface area contributed by atoms with Gasteiger partial charge in [-0.2, -0.15) is 5.26 Å². The molecular weight excluding hydrogens is 344 g/mol. The average Bonchev–Trinajstić information content (AvgIpc) is 3.36. The summed E-state index contributed by atoms with van der Waals surface area (Å²) in [6.45, 7) is 1.05. The van der Waals surface area contributed by atoms with E-state index in [9.17, 15) is 4.79 Å². The molecule has 5 rings (SSSR count). The molecule has 0 saturated carbocycles. The summed E-state index contributed by atoms with van der Waals surface area (Å²) in [4.78, 5) is 15.5. The molecule has 1 unspecified atom stereocenters. The van der Waals surface area contributed by atoms with Crippen molar-refractivity contribution in [2.24, 2.45) is 0 Å². The van der Waals surface area contributed by atoms with Crippen LogP contribution in [0.2, 0.25) is 0 Å². The molecule has 0 N–H and O–H groups in total. The number of unbranched alkanes of at least 4 members (excludes halogenated alkanes) is 2. The Morgan fingerprint density at radius 2 is 1.85 bits per heavy atom. The van der Waals surface area contributed by atoms with E-state index in [1.807, 2.05) is 41.3 Å². The molecule has 2 aromatic carbocycles. The number of carbonyl (C=O) groups excluding carboxylic acids is 1. The summed E-state index contributed by atoms with van der Waals surface area (Å²) in [5.41, 5.74) is 1.88. The van der Waals surface area contributed by atoms with Crippen molar-refractivity contribution in [3.05, 3.63) is 47.5 Å². The SMILES string of the molecule is N#CCCCCN1C(=O)C2(COc3cc4c(cc32)OCO4)c2ccccc21. The summed E-state index contributed by atoms with van der Waals surface area (Å²) in [5.74, 6) is 2.00. The van der Waals surface area contributed by atoms with Gasteiger partial charge in [-0.3, -0.25) is 4.79 Å². The Balaban J connectivity index is 1.58. The molecule has 3 heterocycles. The molecule has 0 aliphatic carbocycles. The molecule has 1 spiro atoms. The van der Waals surface area contributed by atoms with E-state index < -0.39 is 5.41 Å². The topological polar surface area (TPSA) is 71.8 Å². The number of para-hydroxylation sites is 1. The molecular formula is C21H18N2O4. The minimum atomic E-state index is -0.845. The highest BCUT2D eigenvalue weighted by atomic mass is 16.7. The molecule has 3 aliphatic heterocycles. The van der Waals surface area contributed by atoms with E-state index in [1.165, 1.54) is 0 Å². The first kappa shape index (κ1) is 16.0. The first-order valence-corrected chi connectivity index (χ1v) is 9.11. The van der Waals surface area contributed by atoms with Crippen molar-refractivity contribution in [3.8, 4) is 23.3 Å². The minimum absolute atomic E-state index is 0.0262. The molecule has 0 saturated heterocycles. The number of anilines is 1. The van der Waals surface area contributed by atoms with Crippen molar-refractivity contribution in [1.29, 1.82) is 5.26 Å². The Kier molecular flexibility index (Phi) is 3.51. The summed E-state index contributed by atoms with van der Waals surface area (Å²) in [5, 5.41) is 8.75. The van der Waals surface area contributed by atoms with Crippen LogP contribution in [0.15, 0.2) is 36.4 Å². The van der Waals surface area contributed by atoms with Crippen LogP contribution in [0.25, 0.3) is 0 Å². The zero-order chi connectivity index (χ0) is 18.4. The van der Waals surface area contributed by atoms with E-state index in [0.717, 1.165) is 29.7 Å². The Bertz CT molecular complexity index is 981. The Labute approximate surface area is 156 Å². The van der Waals surface area contributed by atoms with Crippen LogP contribution < -0.4 is 19.1 Å². The van der Waals surface area contributed by atoms with E-state index in [-0.39, 0.29) is 19.3 Å². The van der Waals surface area contributed by atoms with Crippen LogP contribution in [-0.4, -0.2) is 25.9 Å². The van der Waals surface area contributed by atoms with Crippen molar-refractivity contribution in [2.45, 2.75) is 24.7 Å². The van der Waals surface area contributed by atoms with Crippen LogP contribution in [0.4, 0.5) is 5.69 Å². The summed E-state index contributed by atoms with van der Waals surface area (Å²) in [6, 6.07) is 13.8.